The molecule has 0 amide bonds. The summed E-state index contributed by atoms with van der Waals surface area (Å²) in [6.45, 7) is 3.41. The first-order valence-corrected chi connectivity index (χ1v) is 5.11. The monoisotopic (exact) mass is 172 g/mol. The second kappa shape index (κ2) is 5.55. The third-order valence-electron chi connectivity index (χ3n) is 2.76. The number of hydrogen-bond acceptors (Lipinski definition) is 2. The lowest BCUT2D eigenvalue weighted by Crippen LogP contribution is -2.28. The molecule has 1 fully saturated rings. The number of rotatable bonds is 4. The normalized spacial score (nSPS) is 27.0. The summed E-state index contributed by atoms with van der Waals surface area (Å²) < 4.78 is 5.67. The molecule has 0 spiro atoms. The lowest BCUT2D eigenvalue weighted by atomic mass is 9.91. The minimum absolute atomic E-state index is 0.304. The van der Waals surface area contributed by atoms with Crippen LogP contribution in [-0.4, -0.2) is 24.4 Å². The minimum atomic E-state index is 0.304. The Balaban J connectivity index is 2.29. The maximum atomic E-state index is 8.84. The zero-order valence-electron chi connectivity index (χ0n) is 7.96. The fourth-order valence-corrected chi connectivity index (χ4v) is 1.96. The fraction of sp³-hybridized carbons (Fsp3) is 1.00. The molecular formula is C10H20O2. The second-order valence-electron chi connectivity index (χ2n) is 3.59. The van der Waals surface area contributed by atoms with Crippen molar-refractivity contribution in [2.45, 2.75) is 45.1 Å². The van der Waals surface area contributed by atoms with Gasteiger partial charge in [-0.25, -0.2) is 0 Å². The molecule has 1 rings (SSSR count). The van der Waals surface area contributed by atoms with Gasteiger partial charge in [0.05, 0.1) is 6.10 Å². The molecule has 0 aliphatic carbocycles. The Morgan fingerprint density at radius 3 is 2.83 bits per heavy atom. The first-order chi connectivity index (χ1) is 5.88. The highest BCUT2D eigenvalue weighted by Crippen LogP contribution is 2.24. The average molecular weight is 172 g/mol. The Morgan fingerprint density at radius 2 is 2.33 bits per heavy atom. The van der Waals surface area contributed by atoms with Crippen LogP contribution in [0.15, 0.2) is 0 Å². The van der Waals surface area contributed by atoms with Crippen LogP contribution in [0.5, 0.6) is 0 Å². The maximum Gasteiger partial charge on any atom is 0.0604 e. The van der Waals surface area contributed by atoms with E-state index in [4.69, 9.17) is 9.84 Å². The molecular weight excluding hydrogens is 152 g/mol. The van der Waals surface area contributed by atoms with Crippen LogP contribution in [-0.2, 0) is 4.74 Å². The Labute approximate surface area is 74.9 Å². The van der Waals surface area contributed by atoms with Crippen LogP contribution < -0.4 is 0 Å². The van der Waals surface area contributed by atoms with E-state index in [0.29, 0.717) is 18.6 Å². The van der Waals surface area contributed by atoms with Crippen LogP contribution in [0.1, 0.15) is 39.0 Å². The molecule has 1 N–H and O–H groups in total. The molecule has 2 unspecified atom stereocenters. The quantitative estimate of drug-likeness (QED) is 0.702. The summed E-state index contributed by atoms with van der Waals surface area (Å²) in [7, 11) is 0. The molecule has 0 aromatic carbocycles. The van der Waals surface area contributed by atoms with Crippen LogP contribution >= 0.6 is 0 Å². The number of aliphatic hydroxyl groups is 1. The van der Waals surface area contributed by atoms with Crippen molar-refractivity contribution in [2.24, 2.45) is 5.92 Å². The topological polar surface area (TPSA) is 29.5 Å². The van der Waals surface area contributed by atoms with Gasteiger partial charge in [0.2, 0.25) is 0 Å². The number of ether oxygens (including phenoxy) is 1. The van der Waals surface area contributed by atoms with Gasteiger partial charge in [-0.3, -0.25) is 0 Å². The highest BCUT2D eigenvalue weighted by molar-refractivity contribution is 4.72. The summed E-state index contributed by atoms with van der Waals surface area (Å²) in [5.74, 6) is 0.579. The molecule has 0 radical (unpaired) electrons. The second-order valence-corrected chi connectivity index (χ2v) is 3.59. The number of hydrogen-bond donors (Lipinski definition) is 1. The lowest BCUT2D eigenvalue weighted by molar-refractivity contribution is -0.0277. The molecule has 0 saturated carbocycles. The van der Waals surface area contributed by atoms with Gasteiger partial charge in [0.1, 0.15) is 0 Å². The molecule has 2 nitrogen and oxygen atoms in total. The van der Waals surface area contributed by atoms with E-state index in [-0.39, 0.29) is 0 Å². The molecule has 1 saturated heterocycles. The van der Waals surface area contributed by atoms with Crippen LogP contribution in [0.4, 0.5) is 0 Å². The Morgan fingerprint density at radius 1 is 1.50 bits per heavy atom. The van der Waals surface area contributed by atoms with Crippen molar-refractivity contribution < 1.29 is 9.84 Å². The zero-order valence-corrected chi connectivity index (χ0v) is 7.96. The predicted molar refractivity (Wildman–Crippen MR) is 49.1 cm³/mol. The third-order valence-corrected chi connectivity index (χ3v) is 2.76. The number of aliphatic hydroxyl groups excluding tert-OH is 1. The fourth-order valence-electron chi connectivity index (χ4n) is 1.96. The predicted octanol–water partition coefficient (Wildman–Crippen LogP) is 1.96. The molecule has 0 bridgehead atoms. The van der Waals surface area contributed by atoms with Gasteiger partial charge in [0.15, 0.2) is 0 Å². The van der Waals surface area contributed by atoms with Gasteiger partial charge in [-0.1, -0.05) is 13.3 Å². The van der Waals surface area contributed by atoms with Gasteiger partial charge in [0.25, 0.3) is 0 Å². The molecule has 12 heavy (non-hydrogen) atoms. The molecule has 1 aliphatic rings. The first kappa shape index (κ1) is 10.0. The Bertz CT molecular complexity index is 106. The van der Waals surface area contributed by atoms with Crippen LogP contribution in [0.3, 0.4) is 0 Å². The van der Waals surface area contributed by atoms with Crippen molar-refractivity contribution in [3.05, 3.63) is 0 Å². The van der Waals surface area contributed by atoms with E-state index in [1.165, 1.54) is 19.3 Å². The van der Waals surface area contributed by atoms with E-state index in [9.17, 15) is 0 Å². The lowest BCUT2D eigenvalue weighted by Gasteiger charge is -2.29. The third kappa shape index (κ3) is 2.76. The van der Waals surface area contributed by atoms with E-state index in [1.807, 2.05) is 0 Å². The van der Waals surface area contributed by atoms with Crippen LogP contribution in [0.2, 0.25) is 0 Å². The first-order valence-electron chi connectivity index (χ1n) is 5.11. The molecule has 0 aromatic heterocycles. The maximum absolute atomic E-state index is 8.84. The summed E-state index contributed by atoms with van der Waals surface area (Å²) in [6.07, 6.45) is 6.17. The van der Waals surface area contributed by atoms with Crippen molar-refractivity contribution in [3.8, 4) is 0 Å². The van der Waals surface area contributed by atoms with E-state index >= 15 is 0 Å². The molecule has 0 aromatic rings. The van der Waals surface area contributed by atoms with Gasteiger partial charge >= 0.3 is 0 Å². The summed E-state index contributed by atoms with van der Waals surface area (Å²) in [6, 6.07) is 0. The zero-order chi connectivity index (χ0) is 8.81. The van der Waals surface area contributed by atoms with E-state index in [2.05, 4.69) is 6.92 Å². The molecule has 2 atom stereocenters. The summed E-state index contributed by atoms with van der Waals surface area (Å²) in [5, 5.41) is 8.84. The SMILES string of the molecule is CCC(CCO)C1CCCCO1. The van der Waals surface area contributed by atoms with Gasteiger partial charge in [-0.15, -0.1) is 0 Å². The standard InChI is InChI=1S/C10H20O2/c1-2-9(6-7-11)10-5-3-4-8-12-10/h9-11H,2-8H2,1H3. The van der Waals surface area contributed by atoms with E-state index in [0.717, 1.165) is 19.4 Å². The largest absolute Gasteiger partial charge is 0.396 e. The van der Waals surface area contributed by atoms with Crippen LogP contribution in [0.25, 0.3) is 0 Å². The van der Waals surface area contributed by atoms with Gasteiger partial charge in [0, 0.05) is 13.2 Å². The highest BCUT2D eigenvalue weighted by atomic mass is 16.5. The summed E-state index contributed by atoms with van der Waals surface area (Å²) in [5.41, 5.74) is 0. The minimum Gasteiger partial charge on any atom is -0.396 e. The van der Waals surface area contributed by atoms with Gasteiger partial charge in [-0.2, -0.15) is 0 Å². The van der Waals surface area contributed by atoms with Gasteiger partial charge in [-0.05, 0) is 31.6 Å². The Kier molecular flexibility index (Phi) is 4.62. The van der Waals surface area contributed by atoms with E-state index in [1.54, 1.807) is 0 Å². The molecule has 1 heterocycles. The van der Waals surface area contributed by atoms with Crippen molar-refractivity contribution in [3.63, 3.8) is 0 Å². The van der Waals surface area contributed by atoms with E-state index < -0.39 is 0 Å². The Hall–Kier alpha value is -0.0800. The summed E-state index contributed by atoms with van der Waals surface area (Å²) in [4.78, 5) is 0. The van der Waals surface area contributed by atoms with Crippen molar-refractivity contribution in [1.29, 1.82) is 0 Å². The summed E-state index contributed by atoms with van der Waals surface area (Å²) >= 11 is 0. The molecule has 72 valence electrons. The van der Waals surface area contributed by atoms with Crippen molar-refractivity contribution in [2.75, 3.05) is 13.2 Å². The molecule has 1 aliphatic heterocycles. The van der Waals surface area contributed by atoms with Crippen LogP contribution in [0, 0.1) is 5.92 Å². The van der Waals surface area contributed by atoms with Crippen molar-refractivity contribution >= 4 is 0 Å². The van der Waals surface area contributed by atoms with Gasteiger partial charge < -0.3 is 9.84 Å². The highest BCUT2D eigenvalue weighted by Gasteiger charge is 2.22. The average Bonchev–Trinajstić information content (AvgIpc) is 2.15. The molecule has 2 heteroatoms. The van der Waals surface area contributed by atoms with Crippen molar-refractivity contribution in [1.82, 2.24) is 0 Å². The smallest absolute Gasteiger partial charge is 0.0604 e.